The molecule has 0 fully saturated rings. The Kier molecular flexibility index (Phi) is 9.52. The van der Waals surface area contributed by atoms with Gasteiger partial charge in [0.25, 0.3) is 10.0 Å². The summed E-state index contributed by atoms with van der Waals surface area (Å²) in [5.41, 5.74) is 3.21. The fourth-order valence-electron chi connectivity index (χ4n) is 4.09. The molecule has 8 nitrogen and oxygen atoms in total. The van der Waals surface area contributed by atoms with Crippen LogP contribution in [0.4, 0.5) is 5.69 Å². The zero-order valence-corrected chi connectivity index (χ0v) is 23.3. The Balaban J connectivity index is 2.04. The summed E-state index contributed by atoms with van der Waals surface area (Å²) in [5, 5.41) is 2.63. The van der Waals surface area contributed by atoms with E-state index in [1.165, 1.54) is 31.2 Å². The van der Waals surface area contributed by atoms with Crippen LogP contribution < -0.4 is 14.4 Å². The van der Waals surface area contributed by atoms with Crippen LogP contribution in [-0.2, 0) is 26.2 Å². The van der Waals surface area contributed by atoms with Gasteiger partial charge in [0.1, 0.15) is 18.3 Å². The lowest BCUT2D eigenvalue weighted by atomic mass is 10.1. The van der Waals surface area contributed by atoms with Crippen molar-refractivity contribution in [3.8, 4) is 5.75 Å². The third-order valence-electron chi connectivity index (χ3n) is 6.35. The topological polar surface area (TPSA) is 96.0 Å². The first-order valence-electron chi connectivity index (χ1n) is 12.4. The number of nitrogens with zero attached hydrogens (tertiary/aromatic N) is 2. The van der Waals surface area contributed by atoms with Gasteiger partial charge in [-0.1, -0.05) is 54.4 Å². The van der Waals surface area contributed by atoms with E-state index in [1.54, 1.807) is 36.4 Å². The van der Waals surface area contributed by atoms with Crippen molar-refractivity contribution in [2.75, 3.05) is 25.0 Å². The fraction of sp³-hybridized carbons (Fsp3) is 0.310. The SMILES string of the molecule is CC[C@H](C(=O)NC)N(Cc1ccc(C)cc1)C(=O)CN(c1ccc(C)cc1)S(=O)(=O)c1ccc(OC)cc1. The van der Waals surface area contributed by atoms with Gasteiger partial charge in [0.2, 0.25) is 11.8 Å². The molecule has 1 N–H and O–H groups in total. The standard InChI is InChI=1S/C29H35N3O5S/c1-6-27(29(34)30-4)31(19-23-11-7-21(2)8-12-23)28(33)20-32(24-13-9-22(3)10-14-24)38(35,36)26-17-15-25(37-5)16-18-26/h7-18,27H,6,19-20H2,1-5H3,(H,30,34)/t27-/m1/s1. The van der Waals surface area contributed by atoms with Gasteiger partial charge in [-0.25, -0.2) is 8.42 Å². The number of hydrogen-bond donors (Lipinski definition) is 1. The number of hydrogen-bond acceptors (Lipinski definition) is 5. The van der Waals surface area contributed by atoms with Crippen LogP contribution >= 0.6 is 0 Å². The summed E-state index contributed by atoms with van der Waals surface area (Å²) >= 11 is 0. The molecule has 202 valence electrons. The lowest BCUT2D eigenvalue weighted by Gasteiger charge is -2.33. The van der Waals surface area contributed by atoms with Crippen LogP contribution in [0.3, 0.4) is 0 Å². The summed E-state index contributed by atoms with van der Waals surface area (Å²) < 4.78 is 33.9. The molecule has 0 aromatic heterocycles. The lowest BCUT2D eigenvalue weighted by molar-refractivity contribution is -0.140. The number of carbonyl (C=O) groups excluding carboxylic acids is 2. The lowest BCUT2D eigenvalue weighted by Crippen LogP contribution is -2.51. The quantitative estimate of drug-likeness (QED) is 0.398. The van der Waals surface area contributed by atoms with Crippen LogP contribution in [-0.4, -0.2) is 51.9 Å². The first kappa shape index (κ1) is 28.7. The molecule has 0 radical (unpaired) electrons. The average molecular weight is 538 g/mol. The molecule has 3 aromatic rings. The zero-order valence-electron chi connectivity index (χ0n) is 22.5. The molecule has 0 aliphatic carbocycles. The summed E-state index contributed by atoms with van der Waals surface area (Å²) in [4.78, 5) is 28.1. The Morgan fingerprint density at radius 1 is 0.895 bits per heavy atom. The molecule has 3 aromatic carbocycles. The van der Waals surface area contributed by atoms with Gasteiger partial charge in [0.15, 0.2) is 0 Å². The molecule has 0 aliphatic rings. The van der Waals surface area contributed by atoms with Gasteiger partial charge in [0.05, 0.1) is 17.7 Å². The maximum Gasteiger partial charge on any atom is 0.264 e. The smallest absolute Gasteiger partial charge is 0.264 e. The van der Waals surface area contributed by atoms with Crippen molar-refractivity contribution < 1.29 is 22.7 Å². The van der Waals surface area contributed by atoms with Crippen LogP contribution in [0.2, 0.25) is 0 Å². The monoisotopic (exact) mass is 537 g/mol. The van der Waals surface area contributed by atoms with Gasteiger partial charge in [-0.3, -0.25) is 13.9 Å². The summed E-state index contributed by atoms with van der Waals surface area (Å²) in [6.45, 7) is 5.37. The highest BCUT2D eigenvalue weighted by Gasteiger charge is 2.33. The Morgan fingerprint density at radius 2 is 1.45 bits per heavy atom. The van der Waals surface area contributed by atoms with Gasteiger partial charge in [-0.15, -0.1) is 0 Å². The van der Waals surface area contributed by atoms with Crippen molar-refractivity contribution in [3.05, 3.63) is 89.5 Å². The third-order valence-corrected chi connectivity index (χ3v) is 8.14. The van der Waals surface area contributed by atoms with Crippen LogP contribution in [0.1, 0.15) is 30.0 Å². The molecule has 9 heteroatoms. The van der Waals surface area contributed by atoms with Crippen molar-refractivity contribution in [3.63, 3.8) is 0 Å². The first-order chi connectivity index (χ1) is 18.1. The highest BCUT2D eigenvalue weighted by molar-refractivity contribution is 7.92. The van der Waals surface area contributed by atoms with Crippen molar-refractivity contribution in [1.82, 2.24) is 10.2 Å². The predicted molar refractivity (Wildman–Crippen MR) is 149 cm³/mol. The van der Waals surface area contributed by atoms with E-state index in [2.05, 4.69) is 5.32 Å². The number of amides is 2. The number of rotatable bonds is 11. The van der Waals surface area contributed by atoms with E-state index in [4.69, 9.17) is 4.74 Å². The van der Waals surface area contributed by atoms with Gasteiger partial charge >= 0.3 is 0 Å². The number of methoxy groups -OCH3 is 1. The van der Waals surface area contributed by atoms with Crippen LogP contribution in [0.15, 0.2) is 77.7 Å². The Morgan fingerprint density at radius 3 is 1.95 bits per heavy atom. The molecule has 1 atom stereocenters. The number of carbonyl (C=O) groups is 2. The maximum absolute atomic E-state index is 13.9. The minimum absolute atomic E-state index is 0.0232. The van der Waals surface area contributed by atoms with Crippen LogP contribution in [0.5, 0.6) is 5.75 Å². The molecular weight excluding hydrogens is 502 g/mol. The molecular formula is C29H35N3O5S. The summed E-state index contributed by atoms with van der Waals surface area (Å²) in [6, 6.07) is 19.8. The molecule has 0 saturated heterocycles. The van der Waals surface area contributed by atoms with Crippen molar-refractivity contribution in [2.45, 2.75) is 44.7 Å². The minimum atomic E-state index is -4.13. The summed E-state index contributed by atoms with van der Waals surface area (Å²) in [6.07, 6.45) is 0.368. The maximum atomic E-state index is 13.9. The van der Waals surface area contributed by atoms with E-state index in [0.29, 0.717) is 17.9 Å². The third kappa shape index (κ3) is 6.72. The minimum Gasteiger partial charge on any atom is -0.497 e. The molecule has 2 amide bonds. The van der Waals surface area contributed by atoms with Gasteiger partial charge < -0.3 is 15.0 Å². The van der Waals surface area contributed by atoms with Crippen molar-refractivity contribution in [2.24, 2.45) is 0 Å². The molecule has 0 aliphatic heterocycles. The normalized spacial score (nSPS) is 11.9. The number of aryl methyl sites for hydroxylation is 2. The molecule has 0 unspecified atom stereocenters. The molecule has 3 rings (SSSR count). The van der Waals surface area contributed by atoms with Gasteiger partial charge in [-0.05, 0) is 62.2 Å². The second kappa shape index (κ2) is 12.6. The second-order valence-electron chi connectivity index (χ2n) is 9.07. The zero-order chi connectivity index (χ0) is 27.9. The number of anilines is 1. The van der Waals surface area contributed by atoms with E-state index >= 15 is 0 Å². The first-order valence-corrected chi connectivity index (χ1v) is 13.8. The van der Waals surface area contributed by atoms with Gasteiger partial charge in [-0.2, -0.15) is 0 Å². The molecule has 0 heterocycles. The number of nitrogens with one attached hydrogen (secondary N) is 1. The van der Waals surface area contributed by atoms with E-state index in [1.807, 2.05) is 45.0 Å². The van der Waals surface area contributed by atoms with E-state index in [9.17, 15) is 18.0 Å². The van der Waals surface area contributed by atoms with Crippen LogP contribution in [0, 0.1) is 13.8 Å². The Bertz CT molecular complexity index is 1340. The molecule has 0 spiro atoms. The number of sulfonamides is 1. The van der Waals surface area contributed by atoms with Gasteiger partial charge in [0, 0.05) is 13.6 Å². The largest absolute Gasteiger partial charge is 0.497 e. The Labute approximate surface area is 225 Å². The number of benzene rings is 3. The van der Waals surface area contributed by atoms with E-state index < -0.39 is 28.5 Å². The fourth-order valence-corrected chi connectivity index (χ4v) is 5.51. The highest BCUT2D eigenvalue weighted by Crippen LogP contribution is 2.26. The Hall–Kier alpha value is -3.85. The van der Waals surface area contributed by atoms with Crippen LogP contribution in [0.25, 0.3) is 0 Å². The number of likely N-dealkylation sites (N-methyl/N-ethyl adjacent to an activating group) is 1. The van der Waals surface area contributed by atoms with Crippen molar-refractivity contribution >= 4 is 27.5 Å². The molecule has 38 heavy (non-hydrogen) atoms. The second-order valence-corrected chi connectivity index (χ2v) is 10.9. The number of ether oxygens (including phenoxy) is 1. The average Bonchev–Trinajstić information content (AvgIpc) is 2.92. The highest BCUT2D eigenvalue weighted by atomic mass is 32.2. The van der Waals surface area contributed by atoms with E-state index in [0.717, 1.165) is 21.0 Å². The molecule has 0 saturated carbocycles. The summed E-state index contributed by atoms with van der Waals surface area (Å²) in [5.74, 6) is -0.283. The van der Waals surface area contributed by atoms with Crippen molar-refractivity contribution in [1.29, 1.82) is 0 Å². The predicted octanol–water partition coefficient (Wildman–Crippen LogP) is 4.06. The van der Waals surface area contributed by atoms with E-state index in [-0.39, 0.29) is 17.3 Å². The summed E-state index contributed by atoms with van der Waals surface area (Å²) in [7, 11) is -1.11. The molecule has 0 bridgehead atoms.